The Hall–Kier alpha value is -4.46. The SMILES string of the molecule is CS(=O)(=O)Nc1ccc(-c2nc(NC(=O)N(CCc3ncccn3)CCC(c3ccc(F)cc3)c3ccc(F)cc3)sc2Cl)cc1. The Labute approximate surface area is 274 Å². The van der Waals surface area contributed by atoms with Crippen LogP contribution in [0.15, 0.2) is 91.3 Å². The summed E-state index contributed by atoms with van der Waals surface area (Å²) in [5.41, 5.74) is 3.12. The number of halogens is 3. The molecule has 14 heteroatoms. The number of nitrogens with zero attached hydrogens (tertiary/aromatic N) is 4. The molecule has 3 aromatic carbocycles. The average molecular weight is 683 g/mol. The number of anilines is 2. The molecule has 0 saturated heterocycles. The van der Waals surface area contributed by atoms with Crippen molar-refractivity contribution in [3.8, 4) is 11.3 Å². The third kappa shape index (κ3) is 9.05. The molecule has 0 saturated carbocycles. The van der Waals surface area contributed by atoms with Gasteiger partial charge in [0, 0.05) is 49.1 Å². The summed E-state index contributed by atoms with van der Waals surface area (Å²) in [6.45, 7) is 0.578. The van der Waals surface area contributed by atoms with Crippen molar-refractivity contribution in [1.82, 2.24) is 19.9 Å². The van der Waals surface area contributed by atoms with E-state index in [9.17, 15) is 22.0 Å². The van der Waals surface area contributed by atoms with Crippen molar-refractivity contribution in [2.75, 3.05) is 29.4 Å². The zero-order valence-corrected chi connectivity index (χ0v) is 26.9. The number of aromatic nitrogens is 3. The molecule has 0 spiro atoms. The number of carbonyl (C=O) groups is 1. The Kier molecular flexibility index (Phi) is 10.6. The lowest BCUT2D eigenvalue weighted by Gasteiger charge is -2.26. The first-order valence-corrected chi connectivity index (χ1v) is 17.2. The van der Waals surface area contributed by atoms with E-state index in [2.05, 4.69) is 25.0 Å². The molecule has 5 aromatic rings. The lowest BCUT2D eigenvalue weighted by atomic mass is 9.88. The molecule has 0 bridgehead atoms. The summed E-state index contributed by atoms with van der Waals surface area (Å²) in [6, 6.07) is 20.1. The van der Waals surface area contributed by atoms with E-state index in [1.54, 1.807) is 71.9 Å². The number of nitrogens with one attached hydrogen (secondary N) is 2. The van der Waals surface area contributed by atoms with Gasteiger partial charge in [0.05, 0.1) is 6.26 Å². The first kappa shape index (κ1) is 32.9. The number of hydrogen-bond acceptors (Lipinski definition) is 7. The van der Waals surface area contributed by atoms with Crippen LogP contribution < -0.4 is 10.0 Å². The highest BCUT2D eigenvalue weighted by molar-refractivity contribution is 7.92. The number of urea groups is 1. The van der Waals surface area contributed by atoms with Gasteiger partial charge in [-0.15, -0.1) is 0 Å². The monoisotopic (exact) mass is 682 g/mol. The van der Waals surface area contributed by atoms with Crippen LogP contribution in [0.2, 0.25) is 4.34 Å². The second-order valence-corrected chi connectivity index (χ2v) is 13.7. The topological polar surface area (TPSA) is 117 Å². The Balaban J connectivity index is 1.35. The van der Waals surface area contributed by atoms with Gasteiger partial charge in [0.15, 0.2) is 5.13 Å². The fourth-order valence-corrected chi connectivity index (χ4v) is 6.46. The lowest BCUT2D eigenvalue weighted by Crippen LogP contribution is -2.38. The van der Waals surface area contributed by atoms with Crippen LogP contribution in [0.5, 0.6) is 0 Å². The van der Waals surface area contributed by atoms with E-state index >= 15 is 0 Å². The van der Waals surface area contributed by atoms with Gasteiger partial charge in [0.25, 0.3) is 0 Å². The van der Waals surface area contributed by atoms with Crippen LogP contribution in [-0.2, 0) is 16.4 Å². The number of rotatable bonds is 12. The van der Waals surface area contributed by atoms with Gasteiger partial charge in [-0.25, -0.2) is 36.9 Å². The van der Waals surface area contributed by atoms with Crippen LogP contribution in [0.3, 0.4) is 0 Å². The van der Waals surface area contributed by atoms with E-state index in [1.165, 1.54) is 24.3 Å². The van der Waals surface area contributed by atoms with Gasteiger partial charge >= 0.3 is 6.03 Å². The van der Waals surface area contributed by atoms with Crippen LogP contribution in [0.25, 0.3) is 11.3 Å². The van der Waals surface area contributed by atoms with E-state index in [1.807, 2.05) is 0 Å². The van der Waals surface area contributed by atoms with Gasteiger partial charge in [-0.05, 0) is 60.0 Å². The maximum Gasteiger partial charge on any atom is 0.323 e. The fourth-order valence-electron chi connectivity index (χ4n) is 4.82. The summed E-state index contributed by atoms with van der Waals surface area (Å²) in [7, 11) is -3.43. The quantitative estimate of drug-likeness (QED) is 0.144. The molecule has 0 atom stereocenters. The zero-order valence-electron chi connectivity index (χ0n) is 24.5. The number of hydrogen-bond donors (Lipinski definition) is 2. The third-order valence-electron chi connectivity index (χ3n) is 7.01. The number of sulfonamides is 1. The first-order chi connectivity index (χ1) is 22.0. The van der Waals surface area contributed by atoms with Crippen molar-refractivity contribution in [2.24, 2.45) is 0 Å². The highest BCUT2D eigenvalue weighted by Crippen LogP contribution is 2.36. The van der Waals surface area contributed by atoms with E-state index in [-0.39, 0.29) is 29.2 Å². The largest absolute Gasteiger partial charge is 0.324 e. The van der Waals surface area contributed by atoms with Crippen molar-refractivity contribution in [3.05, 3.63) is 124 Å². The minimum Gasteiger partial charge on any atom is -0.324 e. The van der Waals surface area contributed by atoms with Crippen LogP contribution in [0.4, 0.5) is 24.4 Å². The van der Waals surface area contributed by atoms with Gasteiger partial charge in [0.2, 0.25) is 10.0 Å². The van der Waals surface area contributed by atoms with Crippen molar-refractivity contribution < 1.29 is 22.0 Å². The Morgan fingerprint density at radius 3 is 2.07 bits per heavy atom. The van der Waals surface area contributed by atoms with Gasteiger partial charge in [-0.1, -0.05) is 59.3 Å². The molecule has 46 heavy (non-hydrogen) atoms. The van der Waals surface area contributed by atoms with Gasteiger partial charge < -0.3 is 4.90 Å². The van der Waals surface area contributed by atoms with E-state index in [0.717, 1.165) is 28.7 Å². The summed E-state index contributed by atoms with van der Waals surface area (Å²) in [5.74, 6) is -0.408. The van der Waals surface area contributed by atoms with Crippen molar-refractivity contribution in [1.29, 1.82) is 0 Å². The molecule has 2 N–H and O–H groups in total. The maximum absolute atomic E-state index is 13.7. The van der Waals surface area contributed by atoms with Crippen LogP contribution in [-0.4, -0.2) is 53.6 Å². The molecule has 0 aliphatic heterocycles. The number of amides is 2. The predicted octanol–water partition coefficient (Wildman–Crippen LogP) is 7.20. The zero-order chi connectivity index (χ0) is 32.7. The Morgan fingerprint density at radius 1 is 0.913 bits per heavy atom. The fraction of sp³-hybridized carbons (Fsp3) is 0.188. The molecule has 5 rings (SSSR count). The summed E-state index contributed by atoms with van der Waals surface area (Å²) in [4.78, 5) is 28.4. The molecule has 0 unspecified atom stereocenters. The second-order valence-electron chi connectivity index (χ2n) is 10.4. The lowest BCUT2D eigenvalue weighted by molar-refractivity contribution is 0.210. The molecular formula is C32H29ClF2N6O3S2. The summed E-state index contributed by atoms with van der Waals surface area (Å²) < 4.78 is 53.3. The minimum atomic E-state index is -3.43. The predicted molar refractivity (Wildman–Crippen MR) is 177 cm³/mol. The third-order valence-corrected chi connectivity index (χ3v) is 8.78. The highest BCUT2D eigenvalue weighted by Gasteiger charge is 2.22. The van der Waals surface area contributed by atoms with Gasteiger partial charge in [-0.3, -0.25) is 10.0 Å². The average Bonchev–Trinajstić information content (AvgIpc) is 3.39. The van der Waals surface area contributed by atoms with Crippen LogP contribution in [0.1, 0.15) is 29.3 Å². The van der Waals surface area contributed by atoms with E-state index < -0.39 is 16.1 Å². The van der Waals surface area contributed by atoms with Crippen LogP contribution >= 0.6 is 22.9 Å². The molecule has 2 aromatic heterocycles. The molecule has 2 heterocycles. The standard InChI is InChI=1S/C32H29ClF2N6O3S2/c1-46(43,44)40-26-13-7-23(8-14-26)29-30(33)45-31(38-29)39-32(42)41(20-16-28-36-17-2-18-37-28)19-15-27(21-3-9-24(34)10-4-21)22-5-11-25(35)12-6-22/h2-14,17-18,27,40H,15-16,19-20H2,1H3,(H,38,39,42). The van der Waals surface area contributed by atoms with Crippen molar-refractivity contribution in [2.45, 2.75) is 18.8 Å². The molecule has 0 radical (unpaired) electrons. The summed E-state index contributed by atoms with van der Waals surface area (Å²) >= 11 is 7.59. The van der Waals surface area contributed by atoms with Gasteiger partial charge in [0.1, 0.15) is 27.5 Å². The maximum atomic E-state index is 13.7. The molecule has 9 nitrogen and oxygen atoms in total. The normalized spacial score (nSPS) is 11.4. The number of benzene rings is 3. The first-order valence-electron chi connectivity index (χ1n) is 14.1. The second kappa shape index (κ2) is 14.8. The smallest absolute Gasteiger partial charge is 0.323 e. The van der Waals surface area contributed by atoms with E-state index in [0.29, 0.717) is 46.5 Å². The van der Waals surface area contributed by atoms with Crippen LogP contribution in [0, 0.1) is 11.6 Å². The molecule has 0 aliphatic rings. The molecular weight excluding hydrogens is 654 g/mol. The van der Waals surface area contributed by atoms with Gasteiger partial charge in [-0.2, -0.15) is 0 Å². The van der Waals surface area contributed by atoms with E-state index in [4.69, 9.17) is 11.6 Å². The Morgan fingerprint density at radius 2 is 1.50 bits per heavy atom. The molecule has 0 aliphatic carbocycles. The Bertz CT molecular complexity index is 1830. The molecule has 238 valence electrons. The number of carbonyl (C=O) groups excluding carboxylic acids is 1. The molecule has 0 fully saturated rings. The highest BCUT2D eigenvalue weighted by atomic mass is 35.5. The minimum absolute atomic E-state index is 0.245. The number of thiazole rings is 1. The summed E-state index contributed by atoms with van der Waals surface area (Å²) in [5, 5.41) is 3.12. The summed E-state index contributed by atoms with van der Waals surface area (Å²) in [6.07, 6.45) is 5.18. The van der Waals surface area contributed by atoms with Crippen molar-refractivity contribution in [3.63, 3.8) is 0 Å². The molecule has 2 amide bonds. The van der Waals surface area contributed by atoms with Crippen molar-refractivity contribution >= 4 is 49.8 Å².